The van der Waals surface area contributed by atoms with Gasteiger partial charge in [-0.3, -0.25) is 9.69 Å². The molecule has 0 spiro atoms. The third-order valence-electron chi connectivity index (χ3n) is 3.59. The molecule has 1 fully saturated rings. The Bertz CT molecular complexity index is 486. The van der Waals surface area contributed by atoms with E-state index in [9.17, 15) is 4.79 Å². The molecule has 0 aromatic carbocycles. The molecule has 6 heteroatoms. The van der Waals surface area contributed by atoms with E-state index in [2.05, 4.69) is 22.1 Å². The van der Waals surface area contributed by atoms with Gasteiger partial charge in [0.1, 0.15) is 0 Å². The minimum atomic E-state index is -0.0781. The molecule has 1 aromatic rings. The lowest BCUT2D eigenvalue weighted by Gasteiger charge is -2.32. The Morgan fingerprint density at radius 2 is 2.35 bits per heavy atom. The van der Waals surface area contributed by atoms with Gasteiger partial charge in [-0.15, -0.1) is 0 Å². The maximum absolute atomic E-state index is 12.2. The van der Waals surface area contributed by atoms with Crippen LogP contribution in [0.4, 0.5) is 5.82 Å². The van der Waals surface area contributed by atoms with Crippen LogP contribution in [0.1, 0.15) is 26.8 Å². The van der Waals surface area contributed by atoms with Gasteiger partial charge in [0.2, 0.25) is 0 Å². The number of morpholine rings is 1. The van der Waals surface area contributed by atoms with Gasteiger partial charge < -0.3 is 14.6 Å². The van der Waals surface area contributed by atoms with Crippen molar-refractivity contribution < 1.29 is 4.74 Å². The van der Waals surface area contributed by atoms with Crippen LogP contribution in [0.15, 0.2) is 17.2 Å². The van der Waals surface area contributed by atoms with Crippen molar-refractivity contribution in [1.29, 1.82) is 0 Å². The first-order valence-electron chi connectivity index (χ1n) is 7.26. The normalized spacial score (nSPS) is 20.3. The second kappa shape index (κ2) is 6.85. The number of rotatable bonds is 5. The maximum atomic E-state index is 12.2. The molecule has 20 heavy (non-hydrogen) atoms. The number of likely N-dealkylation sites (N-methyl/N-ethyl adjacent to an activating group) is 1. The van der Waals surface area contributed by atoms with Crippen LogP contribution in [0.2, 0.25) is 0 Å². The van der Waals surface area contributed by atoms with Crippen LogP contribution in [0.3, 0.4) is 0 Å². The summed E-state index contributed by atoms with van der Waals surface area (Å²) < 4.78 is 7.38. The molecule has 0 saturated carbocycles. The number of nitrogens with one attached hydrogen (secondary N) is 1. The van der Waals surface area contributed by atoms with E-state index in [-0.39, 0.29) is 17.7 Å². The molecule has 6 nitrogen and oxygen atoms in total. The van der Waals surface area contributed by atoms with E-state index >= 15 is 0 Å². The van der Waals surface area contributed by atoms with E-state index < -0.39 is 0 Å². The topological polar surface area (TPSA) is 59.4 Å². The van der Waals surface area contributed by atoms with Gasteiger partial charge in [-0.1, -0.05) is 6.92 Å². The summed E-state index contributed by atoms with van der Waals surface area (Å²) in [6.07, 6.45) is 3.48. The molecule has 0 aliphatic carbocycles. The van der Waals surface area contributed by atoms with E-state index in [0.717, 1.165) is 26.2 Å². The van der Waals surface area contributed by atoms with E-state index in [1.807, 2.05) is 13.8 Å². The van der Waals surface area contributed by atoms with E-state index in [4.69, 9.17) is 4.74 Å². The highest BCUT2D eigenvalue weighted by Gasteiger charge is 2.19. The van der Waals surface area contributed by atoms with Gasteiger partial charge >= 0.3 is 0 Å². The summed E-state index contributed by atoms with van der Waals surface area (Å²) in [6.45, 7) is 10.4. The Morgan fingerprint density at radius 3 is 3.05 bits per heavy atom. The molecule has 0 amide bonds. The highest BCUT2D eigenvalue weighted by Crippen LogP contribution is 2.06. The van der Waals surface area contributed by atoms with Crippen molar-refractivity contribution in [3.05, 3.63) is 22.7 Å². The van der Waals surface area contributed by atoms with Gasteiger partial charge in [-0.05, 0) is 20.4 Å². The van der Waals surface area contributed by atoms with Crippen molar-refractivity contribution in [3.8, 4) is 0 Å². The molecule has 0 bridgehead atoms. The molecular formula is C14H24N4O2. The van der Waals surface area contributed by atoms with Gasteiger partial charge in [-0.25, -0.2) is 4.98 Å². The van der Waals surface area contributed by atoms with Crippen LogP contribution in [0, 0.1) is 0 Å². The molecule has 0 radical (unpaired) electrons. The second-order valence-electron chi connectivity index (χ2n) is 5.35. The van der Waals surface area contributed by atoms with Crippen LogP contribution in [-0.4, -0.2) is 53.3 Å². The molecule has 1 unspecified atom stereocenters. The van der Waals surface area contributed by atoms with Gasteiger partial charge in [0.25, 0.3) is 5.56 Å². The molecule has 2 heterocycles. The average Bonchev–Trinajstić information content (AvgIpc) is 2.46. The number of nitrogens with zero attached hydrogens (tertiary/aromatic N) is 3. The Morgan fingerprint density at radius 1 is 1.55 bits per heavy atom. The van der Waals surface area contributed by atoms with Gasteiger partial charge in [0.05, 0.1) is 12.7 Å². The summed E-state index contributed by atoms with van der Waals surface area (Å²) in [6, 6.07) is 0.132. The predicted octanol–water partition coefficient (Wildman–Crippen LogP) is 0.957. The molecule has 112 valence electrons. The minimum absolute atomic E-state index is 0.0781. The monoisotopic (exact) mass is 280 g/mol. The standard InChI is InChI=1S/C14H24N4O2/c1-4-17-7-8-20-12(10-17)9-16-13-14(19)18(11(2)3)6-5-15-13/h5-6,11-12H,4,7-10H2,1-3H3,(H,15,16). The van der Waals surface area contributed by atoms with E-state index in [1.165, 1.54) is 0 Å². The van der Waals surface area contributed by atoms with Crippen molar-refractivity contribution in [2.75, 3.05) is 38.1 Å². The van der Waals surface area contributed by atoms with Crippen LogP contribution in [-0.2, 0) is 4.74 Å². The molecule has 1 saturated heterocycles. The Kier molecular flexibility index (Phi) is 5.14. The first-order valence-corrected chi connectivity index (χ1v) is 7.26. The first kappa shape index (κ1) is 15.0. The lowest BCUT2D eigenvalue weighted by molar-refractivity contribution is -0.0192. The summed E-state index contributed by atoms with van der Waals surface area (Å²) in [7, 11) is 0. The summed E-state index contributed by atoms with van der Waals surface area (Å²) in [4.78, 5) is 18.7. The SMILES string of the molecule is CCN1CCOC(CNc2nccn(C(C)C)c2=O)C1. The Labute approximate surface area is 119 Å². The second-order valence-corrected chi connectivity index (χ2v) is 5.35. The fourth-order valence-electron chi connectivity index (χ4n) is 2.35. The van der Waals surface area contributed by atoms with Crippen LogP contribution >= 0.6 is 0 Å². The molecule has 1 aromatic heterocycles. The third-order valence-corrected chi connectivity index (χ3v) is 3.59. The van der Waals surface area contributed by atoms with Gasteiger partial charge in [0.15, 0.2) is 5.82 Å². The number of hydrogen-bond acceptors (Lipinski definition) is 5. The Hall–Kier alpha value is -1.40. The van der Waals surface area contributed by atoms with Gasteiger partial charge in [0, 0.05) is 38.1 Å². The number of hydrogen-bond donors (Lipinski definition) is 1. The maximum Gasteiger partial charge on any atom is 0.293 e. The highest BCUT2D eigenvalue weighted by atomic mass is 16.5. The van der Waals surface area contributed by atoms with Crippen LogP contribution in [0.5, 0.6) is 0 Å². The zero-order valence-corrected chi connectivity index (χ0v) is 12.5. The average molecular weight is 280 g/mol. The fraction of sp³-hybridized carbons (Fsp3) is 0.714. The molecule has 2 rings (SSSR count). The fourth-order valence-corrected chi connectivity index (χ4v) is 2.35. The molecular weight excluding hydrogens is 256 g/mol. The van der Waals surface area contributed by atoms with Crippen molar-refractivity contribution in [3.63, 3.8) is 0 Å². The smallest absolute Gasteiger partial charge is 0.293 e. The number of aromatic nitrogens is 2. The molecule has 1 aliphatic rings. The third kappa shape index (κ3) is 3.58. The number of anilines is 1. The van der Waals surface area contributed by atoms with Crippen molar-refractivity contribution >= 4 is 5.82 Å². The predicted molar refractivity (Wildman–Crippen MR) is 79.2 cm³/mol. The van der Waals surface area contributed by atoms with E-state index in [1.54, 1.807) is 17.0 Å². The Balaban J connectivity index is 1.97. The lowest BCUT2D eigenvalue weighted by atomic mass is 10.2. The largest absolute Gasteiger partial charge is 0.374 e. The quantitative estimate of drug-likeness (QED) is 0.870. The summed E-state index contributed by atoms with van der Waals surface area (Å²) >= 11 is 0. The zero-order chi connectivity index (χ0) is 14.5. The van der Waals surface area contributed by atoms with Crippen LogP contribution < -0.4 is 10.9 Å². The zero-order valence-electron chi connectivity index (χ0n) is 12.5. The first-order chi connectivity index (χ1) is 9.61. The van der Waals surface area contributed by atoms with Crippen molar-refractivity contribution in [2.45, 2.75) is 32.9 Å². The molecule has 1 aliphatic heterocycles. The molecule has 1 atom stereocenters. The van der Waals surface area contributed by atoms with Gasteiger partial charge in [-0.2, -0.15) is 0 Å². The highest BCUT2D eigenvalue weighted by molar-refractivity contribution is 5.31. The summed E-state index contributed by atoms with van der Waals surface area (Å²) in [5.74, 6) is 0.401. The molecule has 1 N–H and O–H groups in total. The van der Waals surface area contributed by atoms with Crippen molar-refractivity contribution in [1.82, 2.24) is 14.5 Å². The van der Waals surface area contributed by atoms with Crippen molar-refractivity contribution in [2.24, 2.45) is 0 Å². The summed E-state index contributed by atoms with van der Waals surface area (Å²) in [5, 5.41) is 3.13. The van der Waals surface area contributed by atoms with E-state index in [0.29, 0.717) is 12.4 Å². The minimum Gasteiger partial charge on any atom is -0.374 e. The number of ether oxygens (including phenoxy) is 1. The van der Waals surface area contributed by atoms with Crippen LogP contribution in [0.25, 0.3) is 0 Å². The summed E-state index contributed by atoms with van der Waals surface area (Å²) in [5.41, 5.74) is -0.0781. The lowest BCUT2D eigenvalue weighted by Crippen LogP contribution is -2.45.